The quantitative estimate of drug-likeness (QED) is 0.798. The highest BCUT2D eigenvalue weighted by molar-refractivity contribution is 7.86. The first kappa shape index (κ1) is 17.5. The fourth-order valence-corrected chi connectivity index (χ4v) is 5.16. The first-order valence-corrected chi connectivity index (χ1v) is 9.54. The second-order valence-electron chi connectivity index (χ2n) is 5.90. The lowest BCUT2D eigenvalue weighted by molar-refractivity contribution is 0.0698. The van der Waals surface area contributed by atoms with Crippen molar-refractivity contribution in [3.8, 4) is 11.5 Å². The molecule has 134 valence electrons. The van der Waals surface area contributed by atoms with Crippen molar-refractivity contribution in [1.82, 2.24) is 8.61 Å². The Morgan fingerprint density at radius 1 is 1.12 bits per heavy atom. The molecule has 1 aromatic rings. The predicted molar refractivity (Wildman–Crippen MR) is 89.5 cm³/mol. The number of benzene rings is 1. The molecule has 1 unspecified atom stereocenters. The Balaban J connectivity index is 1.93. The fourth-order valence-electron chi connectivity index (χ4n) is 3.35. The van der Waals surface area contributed by atoms with Gasteiger partial charge in [-0.05, 0) is 31.0 Å². The number of methoxy groups -OCH3 is 2. The summed E-state index contributed by atoms with van der Waals surface area (Å²) in [5, 5.41) is 0. The summed E-state index contributed by atoms with van der Waals surface area (Å²) in [7, 11) is -0.315. The lowest BCUT2D eigenvalue weighted by Gasteiger charge is -2.33. The standard InChI is InChI=1S/C16H24N2O5S/c1-21-13-5-6-16(22-2)14(12-13)15-4-3-7-18(15)24(19,20)17-8-10-23-11-9-17/h5-6,12,15H,3-4,7-11H2,1-2H3. The molecule has 2 fully saturated rings. The van der Waals surface area contributed by atoms with E-state index in [9.17, 15) is 8.42 Å². The Hall–Kier alpha value is -1.35. The topological polar surface area (TPSA) is 68.3 Å². The molecule has 24 heavy (non-hydrogen) atoms. The van der Waals surface area contributed by atoms with Gasteiger partial charge in [0.25, 0.3) is 10.2 Å². The first-order valence-electron chi connectivity index (χ1n) is 8.14. The summed E-state index contributed by atoms with van der Waals surface area (Å²) < 4.78 is 45.2. The third-order valence-electron chi connectivity index (χ3n) is 4.59. The van der Waals surface area contributed by atoms with E-state index in [-0.39, 0.29) is 6.04 Å². The maximum Gasteiger partial charge on any atom is 0.282 e. The minimum absolute atomic E-state index is 0.233. The zero-order valence-electron chi connectivity index (χ0n) is 14.1. The van der Waals surface area contributed by atoms with Crippen LogP contribution in [0.25, 0.3) is 0 Å². The van der Waals surface area contributed by atoms with E-state index >= 15 is 0 Å². The van der Waals surface area contributed by atoms with Gasteiger partial charge in [0.2, 0.25) is 0 Å². The van der Waals surface area contributed by atoms with E-state index in [4.69, 9.17) is 14.2 Å². The van der Waals surface area contributed by atoms with Crippen LogP contribution in [0.5, 0.6) is 11.5 Å². The molecule has 7 nitrogen and oxygen atoms in total. The van der Waals surface area contributed by atoms with Crippen molar-refractivity contribution in [2.75, 3.05) is 47.1 Å². The lowest BCUT2D eigenvalue weighted by atomic mass is 10.0. The van der Waals surface area contributed by atoms with Gasteiger partial charge in [0.1, 0.15) is 11.5 Å². The van der Waals surface area contributed by atoms with E-state index in [1.54, 1.807) is 18.5 Å². The van der Waals surface area contributed by atoms with Gasteiger partial charge < -0.3 is 14.2 Å². The lowest BCUT2D eigenvalue weighted by Crippen LogP contribution is -2.48. The summed E-state index contributed by atoms with van der Waals surface area (Å²) in [4.78, 5) is 0. The molecule has 0 bridgehead atoms. The maximum atomic E-state index is 13.0. The Labute approximate surface area is 143 Å². The van der Waals surface area contributed by atoms with Gasteiger partial charge in [-0.25, -0.2) is 0 Å². The molecule has 0 radical (unpaired) electrons. The Kier molecular flexibility index (Phi) is 5.29. The molecular weight excluding hydrogens is 332 g/mol. The van der Waals surface area contributed by atoms with Gasteiger partial charge in [-0.15, -0.1) is 0 Å². The Morgan fingerprint density at radius 2 is 1.88 bits per heavy atom. The largest absolute Gasteiger partial charge is 0.497 e. The molecular formula is C16H24N2O5S. The smallest absolute Gasteiger partial charge is 0.282 e. The van der Waals surface area contributed by atoms with Crippen molar-refractivity contribution in [2.45, 2.75) is 18.9 Å². The molecule has 8 heteroatoms. The molecule has 3 rings (SSSR count). The molecule has 2 aliphatic rings. The van der Waals surface area contributed by atoms with Gasteiger partial charge in [-0.3, -0.25) is 0 Å². The van der Waals surface area contributed by atoms with Crippen LogP contribution in [0.1, 0.15) is 24.4 Å². The van der Waals surface area contributed by atoms with Gasteiger partial charge in [0, 0.05) is 25.2 Å². The Bertz CT molecular complexity index is 673. The van der Waals surface area contributed by atoms with Crippen LogP contribution in [-0.4, -0.2) is 64.1 Å². The van der Waals surface area contributed by atoms with E-state index < -0.39 is 10.2 Å². The number of rotatable bonds is 5. The van der Waals surface area contributed by atoms with Crippen LogP contribution in [-0.2, 0) is 14.9 Å². The fraction of sp³-hybridized carbons (Fsp3) is 0.625. The van der Waals surface area contributed by atoms with E-state index in [1.807, 2.05) is 18.2 Å². The first-order chi connectivity index (χ1) is 11.6. The van der Waals surface area contributed by atoms with Gasteiger partial charge in [-0.1, -0.05) is 0 Å². The van der Waals surface area contributed by atoms with E-state index in [0.717, 1.165) is 18.4 Å². The highest BCUT2D eigenvalue weighted by Crippen LogP contribution is 2.40. The Morgan fingerprint density at radius 3 is 2.54 bits per heavy atom. The van der Waals surface area contributed by atoms with Gasteiger partial charge in [-0.2, -0.15) is 17.0 Å². The zero-order chi connectivity index (χ0) is 17.2. The number of nitrogens with zero attached hydrogens (tertiary/aromatic N) is 2. The van der Waals surface area contributed by atoms with Crippen LogP contribution in [0.3, 0.4) is 0 Å². The van der Waals surface area contributed by atoms with Gasteiger partial charge in [0.05, 0.1) is 33.5 Å². The molecule has 2 aliphatic heterocycles. The molecule has 0 spiro atoms. The number of hydrogen-bond donors (Lipinski definition) is 0. The second-order valence-corrected chi connectivity index (χ2v) is 7.78. The SMILES string of the molecule is COc1ccc(OC)c(C2CCCN2S(=O)(=O)N2CCOCC2)c1. The number of hydrogen-bond acceptors (Lipinski definition) is 5. The number of morpholine rings is 1. The van der Waals surface area contributed by atoms with Crippen molar-refractivity contribution < 1.29 is 22.6 Å². The maximum absolute atomic E-state index is 13.0. The number of ether oxygens (including phenoxy) is 3. The third kappa shape index (κ3) is 3.23. The van der Waals surface area contributed by atoms with Crippen molar-refractivity contribution in [3.05, 3.63) is 23.8 Å². The molecule has 2 saturated heterocycles. The minimum Gasteiger partial charge on any atom is -0.497 e. The van der Waals surface area contributed by atoms with Gasteiger partial charge >= 0.3 is 0 Å². The van der Waals surface area contributed by atoms with E-state index in [1.165, 1.54) is 4.31 Å². The van der Waals surface area contributed by atoms with Crippen LogP contribution in [0.2, 0.25) is 0 Å². The predicted octanol–water partition coefficient (Wildman–Crippen LogP) is 1.42. The molecule has 1 aromatic carbocycles. The van der Waals surface area contributed by atoms with Crippen LogP contribution < -0.4 is 9.47 Å². The monoisotopic (exact) mass is 356 g/mol. The summed E-state index contributed by atoms with van der Waals surface area (Å²) >= 11 is 0. The highest BCUT2D eigenvalue weighted by atomic mass is 32.2. The average molecular weight is 356 g/mol. The van der Waals surface area contributed by atoms with Crippen LogP contribution in [0.4, 0.5) is 0 Å². The van der Waals surface area contributed by atoms with Gasteiger partial charge in [0.15, 0.2) is 0 Å². The van der Waals surface area contributed by atoms with Crippen LogP contribution in [0, 0.1) is 0 Å². The summed E-state index contributed by atoms with van der Waals surface area (Å²) in [6, 6.07) is 5.28. The molecule has 0 aliphatic carbocycles. The zero-order valence-corrected chi connectivity index (χ0v) is 14.9. The molecule has 0 N–H and O–H groups in total. The van der Waals surface area contributed by atoms with Crippen molar-refractivity contribution in [2.24, 2.45) is 0 Å². The van der Waals surface area contributed by atoms with E-state index in [2.05, 4.69) is 0 Å². The normalized spacial score (nSPS) is 23.3. The summed E-state index contributed by atoms with van der Waals surface area (Å²) in [6.07, 6.45) is 1.60. The molecule has 2 heterocycles. The molecule has 0 amide bonds. The minimum atomic E-state index is -3.51. The average Bonchev–Trinajstić information content (AvgIpc) is 3.12. The molecule has 0 saturated carbocycles. The highest BCUT2D eigenvalue weighted by Gasteiger charge is 2.40. The summed E-state index contributed by atoms with van der Waals surface area (Å²) in [6.45, 7) is 2.22. The van der Waals surface area contributed by atoms with Crippen LogP contribution in [0.15, 0.2) is 18.2 Å². The molecule has 1 atom stereocenters. The third-order valence-corrected chi connectivity index (χ3v) is 6.64. The van der Waals surface area contributed by atoms with Crippen molar-refractivity contribution in [1.29, 1.82) is 0 Å². The summed E-state index contributed by atoms with van der Waals surface area (Å²) in [5.74, 6) is 1.38. The second kappa shape index (κ2) is 7.26. The molecule has 0 aromatic heterocycles. The van der Waals surface area contributed by atoms with Crippen LogP contribution >= 0.6 is 0 Å². The van der Waals surface area contributed by atoms with Crippen molar-refractivity contribution >= 4 is 10.2 Å². The summed E-state index contributed by atoms with van der Waals surface area (Å²) in [5.41, 5.74) is 0.853. The van der Waals surface area contributed by atoms with E-state index in [0.29, 0.717) is 44.3 Å². The van der Waals surface area contributed by atoms with Crippen molar-refractivity contribution in [3.63, 3.8) is 0 Å².